The second kappa shape index (κ2) is 7.56. The molecule has 0 saturated heterocycles. The minimum atomic E-state index is 0.687. The summed E-state index contributed by atoms with van der Waals surface area (Å²) in [5.41, 5.74) is 0. The molecule has 3 unspecified atom stereocenters. The maximum absolute atomic E-state index is 3.56. The van der Waals surface area contributed by atoms with Crippen LogP contribution in [0, 0.1) is 5.92 Å². The van der Waals surface area contributed by atoms with Gasteiger partial charge in [-0.15, -0.1) is 0 Å². The Morgan fingerprint density at radius 3 is 2.87 bits per heavy atom. The Bertz CT molecular complexity index is 161. The molecule has 0 heterocycles. The maximum atomic E-state index is 3.56. The van der Waals surface area contributed by atoms with E-state index in [1.807, 2.05) is 0 Å². The molecule has 1 fully saturated rings. The van der Waals surface area contributed by atoms with Crippen molar-refractivity contribution in [2.24, 2.45) is 5.92 Å². The van der Waals surface area contributed by atoms with Crippen LogP contribution in [0.4, 0.5) is 0 Å². The first-order valence-electron chi connectivity index (χ1n) is 6.57. The molecule has 1 aliphatic rings. The molecule has 0 spiro atoms. The van der Waals surface area contributed by atoms with E-state index in [0.29, 0.717) is 6.04 Å². The topological polar surface area (TPSA) is 12.0 Å². The third-order valence-corrected chi connectivity index (χ3v) is 4.81. The van der Waals surface area contributed by atoms with Crippen LogP contribution in [0.25, 0.3) is 0 Å². The van der Waals surface area contributed by atoms with Crippen molar-refractivity contribution in [3.63, 3.8) is 0 Å². The van der Waals surface area contributed by atoms with Gasteiger partial charge in [0, 0.05) is 17.0 Å². The van der Waals surface area contributed by atoms with Crippen LogP contribution in [0.1, 0.15) is 52.9 Å². The van der Waals surface area contributed by atoms with Gasteiger partial charge in [-0.25, -0.2) is 0 Å². The molecule has 0 aliphatic heterocycles. The molecule has 90 valence electrons. The number of hydrogen-bond acceptors (Lipinski definition) is 2. The fraction of sp³-hybridized carbons (Fsp3) is 1.00. The number of hydrogen-bond donors (Lipinski definition) is 1. The van der Waals surface area contributed by atoms with E-state index in [0.717, 1.165) is 11.2 Å². The van der Waals surface area contributed by atoms with E-state index in [2.05, 4.69) is 37.8 Å². The van der Waals surface area contributed by atoms with E-state index in [-0.39, 0.29) is 0 Å². The van der Waals surface area contributed by atoms with Crippen LogP contribution < -0.4 is 5.32 Å². The fourth-order valence-electron chi connectivity index (χ4n) is 2.26. The summed E-state index contributed by atoms with van der Waals surface area (Å²) in [6, 6.07) is 0.687. The van der Waals surface area contributed by atoms with Gasteiger partial charge in [-0.2, -0.15) is 11.8 Å². The van der Waals surface area contributed by atoms with Crippen molar-refractivity contribution >= 4 is 11.8 Å². The number of thioether (sulfide) groups is 1. The predicted octanol–water partition coefficient (Wildman–Crippen LogP) is 3.69. The molecule has 1 nitrogen and oxygen atoms in total. The van der Waals surface area contributed by atoms with E-state index in [9.17, 15) is 0 Å². The Hall–Kier alpha value is 0.310. The predicted molar refractivity (Wildman–Crippen MR) is 71.6 cm³/mol. The molecule has 0 aromatic heterocycles. The molecule has 0 bridgehead atoms. The summed E-state index contributed by atoms with van der Waals surface area (Å²) in [6.07, 6.45) is 7.06. The van der Waals surface area contributed by atoms with E-state index in [1.165, 1.54) is 44.4 Å². The average Bonchev–Trinajstić information content (AvgIpc) is 2.23. The second-order valence-corrected chi connectivity index (χ2v) is 6.42. The highest BCUT2D eigenvalue weighted by molar-refractivity contribution is 7.99. The summed E-state index contributed by atoms with van der Waals surface area (Å²) in [6.45, 7) is 8.12. The van der Waals surface area contributed by atoms with E-state index in [1.54, 1.807) is 0 Å². The second-order valence-electron chi connectivity index (χ2n) is 5.08. The van der Waals surface area contributed by atoms with Gasteiger partial charge in [0.15, 0.2) is 0 Å². The van der Waals surface area contributed by atoms with Gasteiger partial charge in [-0.1, -0.05) is 26.7 Å². The van der Waals surface area contributed by atoms with Gasteiger partial charge in [-0.05, 0) is 38.6 Å². The zero-order chi connectivity index (χ0) is 11.1. The largest absolute Gasteiger partial charge is 0.313 e. The first kappa shape index (κ1) is 13.4. The molecule has 15 heavy (non-hydrogen) atoms. The lowest BCUT2D eigenvalue weighted by molar-refractivity contribution is 0.394. The molecule has 1 saturated carbocycles. The molecule has 2 heteroatoms. The van der Waals surface area contributed by atoms with Gasteiger partial charge in [0.1, 0.15) is 0 Å². The highest BCUT2D eigenvalue weighted by Gasteiger charge is 2.19. The Kier molecular flexibility index (Phi) is 6.74. The SMILES string of the molecule is CCCNC(C)CSC1CCCC(C)C1. The van der Waals surface area contributed by atoms with Crippen molar-refractivity contribution in [1.29, 1.82) is 0 Å². The zero-order valence-electron chi connectivity index (χ0n) is 10.6. The molecule has 3 atom stereocenters. The summed E-state index contributed by atoms with van der Waals surface area (Å²) in [7, 11) is 0. The van der Waals surface area contributed by atoms with Gasteiger partial charge < -0.3 is 5.32 Å². The monoisotopic (exact) mass is 229 g/mol. The van der Waals surface area contributed by atoms with Gasteiger partial charge in [0.05, 0.1) is 0 Å². The molecule has 0 amide bonds. The third-order valence-electron chi connectivity index (χ3n) is 3.21. The van der Waals surface area contributed by atoms with Crippen LogP contribution in [0.5, 0.6) is 0 Å². The van der Waals surface area contributed by atoms with Crippen LogP contribution in [-0.2, 0) is 0 Å². The summed E-state index contributed by atoms with van der Waals surface area (Å²) in [5, 5.41) is 4.51. The summed E-state index contributed by atoms with van der Waals surface area (Å²) in [4.78, 5) is 0. The van der Waals surface area contributed by atoms with Crippen molar-refractivity contribution in [2.45, 2.75) is 64.2 Å². The maximum Gasteiger partial charge on any atom is 0.0130 e. The van der Waals surface area contributed by atoms with Gasteiger partial charge >= 0.3 is 0 Å². The Morgan fingerprint density at radius 1 is 1.40 bits per heavy atom. The molecule has 0 aromatic rings. The standard InChI is InChI=1S/C13H27NS/c1-4-8-14-12(3)10-15-13-7-5-6-11(2)9-13/h11-14H,4-10H2,1-3H3. The molecule has 0 radical (unpaired) electrons. The van der Waals surface area contributed by atoms with Crippen LogP contribution in [0.3, 0.4) is 0 Å². The van der Waals surface area contributed by atoms with Crippen molar-refractivity contribution in [2.75, 3.05) is 12.3 Å². The molecule has 1 aliphatic carbocycles. The Labute approximate surface area is 99.8 Å². The lowest BCUT2D eigenvalue weighted by Gasteiger charge is -2.27. The first-order valence-corrected chi connectivity index (χ1v) is 7.62. The van der Waals surface area contributed by atoms with Crippen molar-refractivity contribution < 1.29 is 0 Å². The summed E-state index contributed by atoms with van der Waals surface area (Å²) < 4.78 is 0. The smallest absolute Gasteiger partial charge is 0.0130 e. The normalized spacial score (nSPS) is 29.0. The lowest BCUT2D eigenvalue weighted by atomic mass is 9.91. The van der Waals surface area contributed by atoms with Crippen molar-refractivity contribution in [3.05, 3.63) is 0 Å². The van der Waals surface area contributed by atoms with Crippen LogP contribution in [-0.4, -0.2) is 23.6 Å². The van der Waals surface area contributed by atoms with Gasteiger partial charge in [0.25, 0.3) is 0 Å². The van der Waals surface area contributed by atoms with E-state index in [4.69, 9.17) is 0 Å². The molecular formula is C13H27NS. The molecule has 1 rings (SSSR count). The zero-order valence-corrected chi connectivity index (χ0v) is 11.4. The fourth-order valence-corrected chi connectivity index (χ4v) is 3.74. The number of nitrogens with one attached hydrogen (secondary N) is 1. The van der Waals surface area contributed by atoms with Crippen molar-refractivity contribution in [1.82, 2.24) is 5.32 Å². The average molecular weight is 229 g/mol. The first-order chi connectivity index (χ1) is 7.22. The van der Waals surface area contributed by atoms with Gasteiger partial charge in [-0.3, -0.25) is 0 Å². The van der Waals surface area contributed by atoms with Crippen LogP contribution in [0.2, 0.25) is 0 Å². The highest BCUT2D eigenvalue weighted by atomic mass is 32.2. The molecule has 0 aromatic carbocycles. The number of rotatable bonds is 6. The van der Waals surface area contributed by atoms with Crippen LogP contribution >= 0.6 is 11.8 Å². The minimum Gasteiger partial charge on any atom is -0.313 e. The highest BCUT2D eigenvalue weighted by Crippen LogP contribution is 2.32. The lowest BCUT2D eigenvalue weighted by Crippen LogP contribution is -2.30. The van der Waals surface area contributed by atoms with Crippen LogP contribution in [0.15, 0.2) is 0 Å². The van der Waals surface area contributed by atoms with Crippen molar-refractivity contribution in [3.8, 4) is 0 Å². The van der Waals surface area contributed by atoms with Gasteiger partial charge in [0.2, 0.25) is 0 Å². The Balaban J connectivity index is 2.07. The summed E-state index contributed by atoms with van der Waals surface area (Å²) in [5.74, 6) is 2.26. The molecule has 1 N–H and O–H groups in total. The van der Waals surface area contributed by atoms with E-state index >= 15 is 0 Å². The minimum absolute atomic E-state index is 0.687. The van der Waals surface area contributed by atoms with E-state index < -0.39 is 0 Å². The molecular weight excluding hydrogens is 202 g/mol. The quantitative estimate of drug-likeness (QED) is 0.745. The summed E-state index contributed by atoms with van der Waals surface area (Å²) >= 11 is 2.20. The Morgan fingerprint density at radius 2 is 2.20 bits per heavy atom. The third kappa shape index (κ3) is 5.82.